The normalized spacial score (nSPS) is 10.8. The predicted molar refractivity (Wildman–Crippen MR) is 77.9 cm³/mol. The van der Waals surface area contributed by atoms with Gasteiger partial charge in [0, 0.05) is 0 Å². The monoisotopic (exact) mass is 284 g/mol. The summed E-state index contributed by atoms with van der Waals surface area (Å²) in [6, 6.07) is 9.89. The van der Waals surface area contributed by atoms with Crippen molar-refractivity contribution in [1.29, 1.82) is 0 Å². The fraction of sp³-hybridized carbons (Fsp3) is 0.125. The van der Waals surface area contributed by atoms with Gasteiger partial charge in [0.25, 0.3) is 0 Å². The summed E-state index contributed by atoms with van der Waals surface area (Å²) in [7, 11) is 2.72. The lowest BCUT2D eigenvalue weighted by Crippen LogP contribution is -2.07. The van der Waals surface area contributed by atoms with Crippen LogP contribution < -0.4 is 10.2 Å². The number of para-hydroxylation sites is 1. The molecule has 0 aliphatic heterocycles. The highest BCUT2D eigenvalue weighted by molar-refractivity contribution is 5.99. The number of carbonyl (C=O) groups excluding carboxylic acids is 1. The van der Waals surface area contributed by atoms with Crippen molar-refractivity contribution in [3.8, 4) is 5.75 Å². The molecule has 0 saturated carbocycles. The molecule has 0 bridgehead atoms. The highest BCUT2D eigenvalue weighted by Gasteiger charge is 2.16. The van der Waals surface area contributed by atoms with Gasteiger partial charge in [-0.1, -0.05) is 12.1 Å². The van der Waals surface area contributed by atoms with Crippen molar-refractivity contribution in [1.82, 2.24) is 0 Å². The molecule has 1 aromatic heterocycles. The van der Waals surface area contributed by atoms with E-state index < -0.39 is 5.97 Å². The van der Waals surface area contributed by atoms with E-state index in [4.69, 9.17) is 9.15 Å². The Morgan fingerprint density at radius 1 is 1.10 bits per heavy atom. The minimum atomic E-state index is -0.522. The maximum Gasteiger partial charge on any atom is 0.338 e. The Morgan fingerprint density at radius 2 is 1.86 bits per heavy atom. The van der Waals surface area contributed by atoms with Crippen LogP contribution in [0.25, 0.3) is 21.9 Å². The second-order valence-corrected chi connectivity index (χ2v) is 4.47. The zero-order valence-corrected chi connectivity index (χ0v) is 11.5. The van der Waals surface area contributed by atoms with Crippen molar-refractivity contribution >= 4 is 27.9 Å². The molecule has 106 valence electrons. The summed E-state index contributed by atoms with van der Waals surface area (Å²) in [6.45, 7) is 0. The van der Waals surface area contributed by atoms with Crippen molar-refractivity contribution < 1.29 is 18.7 Å². The van der Waals surface area contributed by atoms with Crippen LogP contribution in [0.1, 0.15) is 10.4 Å². The first-order valence-electron chi connectivity index (χ1n) is 6.27. The molecule has 0 atom stereocenters. The molecule has 0 aliphatic carbocycles. The van der Waals surface area contributed by atoms with Gasteiger partial charge in [0.1, 0.15) is 22.3 Å². The van der Waals surface area contributed by atoms with E-state index in [1.807, 2.05) is 0 Å². The number of ether oxygens (including phenoxy) is 2. The lowest BCUT2D eigenvalue weighted by molar-refractivity contribution is 0.0600. The van der Waals surface area contributed by atoms with Gasteiger partial charge in [0.15, 0.2) is 0 Å². The van der Waals surface area contributed by atoms with Gasteiger partial charge in [0.2, 0.25) is 5.43 Å². The largest absolute Gasteiger partial charge is 0.496 e. The van der Waals surface area contributed by atoms with Gasteiger partial charge in [-0.05, 0) is 24.3 Å². The number of methoxy groups -OCH3 is 2. The fourth-order valence-corrected chi connectivity index (χ4v) is 2.29. The third-order valence-corrected chi connectivity index (χ3v) is 3.29. The van der Waals surface area contributed by atoms with Crippen molar-refractivity contribution in [2.75, 3.05) is 14.2 Å². The van der Waals surface area contributed by atoms with Crippen LogP contribution in [0.2, 0.25) is 0 Å². The number of hydrogen-bond donors (Lipinski definition) is 0. The molecule has 5 nitrogen and oxygen atoms in total. The Kier molecular flexibility index (Phi) is 3.10. The summed E-state index contributed by atoms with van der Waals surface area (Å²) < 4.78 is 15.6. The van der Waals surface area contributed by atoms with Gasteiger partial charge in [-0.3, -0.25) is 4.79 Å². The summed E-state index contributed by atoms with van der Waals surface area (Å²) >= 11 is 0. The first kappa shape index (κ1) is 13.2. The Hall–Kier alpha value is -2.82. The topological polar surface area (TPSA) is 65.7 Å². The van der Waals surface area contributed by atoms with Crippen LogP contribution >= 0.6 is 0 Å². The molecule has 0 spiro atoms. The van der Waals surface area contributed by atoms with E-state index in [0.717, 1.165) is 0 Å². The van der Waals surface area contributed by atoms with E-state index >= 15 is 0 Å². The van der Waals surface area contributed by atoms with E-state index in [-0.39, 0.29) is 16.7 Å². The van der Waals surface area contributed by atoms with E-state index in [1.54, 1.807) is 24.3 Å². The summed E-state index contributed by atoms with van der Waals surface area (Å²) in [6.07, 6.45) is 0. The summed E-state index contributed by atoms with van der Waals surface area (Å²) in [5.41, 5.74) is 0.818. The number of rotatable bonds is 2. The molecule has 3 rings (SSSR count). The van der Waals surface area contributed by atoms with E-state index in [2.05, 4.69) is 4.74 Å². The third kappa shape index (κ3) is 2.03. The molecule has 1 heterocycles. The molecule has 0 radical (unpaired) electrons. The molecule has 3 aromatic rings. The molecule has 0 amide bonds. The van der Waals surface area contributed by atoms with Crippen LogP contribution in [0.3, 0.4) is 0 Å². The molecule has 21 heavy (non-hydrogen) atoms. The smallest absolute Gasteiger partial charge is 0.338 e. The zero-order valence-electron chi connectivity index (χ0n) is 11.5. The molecule has 0 saturated heterocycles. The van der Waals surface area contributed by atoms with Crippen LogP contribution in [0.15, 0.2) is 45.6 Å². The van der Waals surface area contributed by atoms with Crippen LogP contribution in [-0.4, -0.2) is 20.2 Å². The number of benzene rings is 2. The average Bonchev–Trinajstić information content (AvgIpc) is 2.53. The Bertz CT molecular complexity index is 908. The summed E-state index contributed by atoms with van der Waals surface area (Å²) in [5.74, 6) is -0.238. The van der Waals surface area contributed by atoms with Gasteiger partial charge >= 0.3 is 5.97 Å². The molecule has 2 aromatic carbocycles. The molecule has 0 aliphatic rings. The minimum Gasteiger partial charge on any atom is -0.496 e. The van der Waals surface area contributed by atoms with Crippen molar-refractivity contribution in [3.63, 3.8) is 0 Å². The Morgan fingerprint density at radius 3 is 2.57 bits per heavy atom. The molecule has 5 heteroatoms. The fourth-order valence-electron chi connectivity index (χ4n) is 2.29. The molecule has 0 fully saturated rings. The molecule has 0 unspecified atom stereocenters. The average molecular weight is 284 g/mol. The standard InChI is InChI=1S/C16H12O5/c1-19-12-7-9(16(18)20-2)8-13-14(12)15(17)10-5-3-4-6-11(10)21-13/h3-8H,1-2H3. The van der Waals surface area contributed by atoms with Gasteiger partial charge in [-0.15, -0.1) is 0 Å². The molecule has 0 N–H and O–H groups in total. The van der Waals surface area contributed by atoms with Crippen LogP contribution in [0.4, 0.5) is 0 Å². The van der Waals surface area contributed by atoms with Gasteiger partial charge in [0.05, 0.1) is 25.2 Å². The SMILES string of the molecule is COC(=O)c1cc(OC)c2c(=O)c3ccccc3oc2c1. The van der Waals surface area contributed by atoms with Crippen molar-refractivity contribution in [2.24, 2.45) is 0 Å². The second kappa shape index (κ2) is 4.94. The number of carbonyl (C=O) groups is 1. The zero-order chi connectivity index (χ0) is 15.0. The number of fused-ring (bicyclic) bond motifs is 2. The summed E-state index contributed by atoms with van der Waals surface area (Å²) in [5, 5.41) is 0.776. The summed E-state index contributed by atoms with van der Waals surface area (Å²) in [4.78, 5) is 24.2. The first-order chi connectivity index (χ1) is 10.2. The first-order valence-corrected chi connectivity index (χ1v) is 6.27. The van der Waals surface area contributed by atoms with Gasteiger partial charge < -0.3 is 13.9 Å². The molecular weight excluding hydrogens is 272 g/mol. The van der Waals surface area contributed by atoms with E-state index in [9.17, 15) is 9.59 Å². The van der Waals surface area contributed by atoms with Crippen molar-refractivity contribution in [2.45, 2.75) is 0 Å². The Balaban J connectivity index is 2.47. The maximum absolute atomic E-state index is 12.6. The Labute approximate surface area is 119 Å². The maximum atomic E-state index is 12.6. The lowest BCUT2D eigenvalue weighted by Gasteiger charge is -2.08. The van der Waals surface area contributed by atoms with Crippen molar-refractivity contribution in [3.05, 3.63) is 52.2 Å². The lowest BCUT2D eigenvalue weighted by atomic mass is 10.1. The van der Waals surface area contributed by atoms with Crippen LogP contribution in [-0.2, 0) is 4.74 Å². The number of esters is 1. The van der Waals surface area contributed by atoms with Gasteiger partial charge in [-0.2, -0.15) is 0 Å². The predicted octanol–water partition coefficient (Wildman–Crippen LogP) is 2.74. The number of hydrogen-bond acceptors (Lipinski definition) is 5. The quantitative estimate of drug-likeness (QED) is 0.534. The minimum absolute atomic E-state index is 0.194. The highest BCUT2D eigenvalue weighted by atomic mass is 16.5. The third-order valence-electron chi connectivity index (χ3n) is 3.29. The highest BCUT2D eigenvalue weighted by Crippen LogP contribution is 2.28. The van der Waals surface area contributed by atoms with E-state index in [0.29, 0.717) is 21.9 Å². The van der Waals surface area contributed by atoms with Gasteiger partial charge in [-0.25, -0.2) is 4.79 Å². The van der Waals surface area contributed by atoms with Crippen LogP contribution in [0, 0.1) is 0 Å². The van der Waals surface area contributed by atoms with E-state index in [1.165, 1.54) is 26.4 Å². The second-order valence-electron chi connectivity index (χ2n) is 4.47. The van der Waals surface area contributed by atoms with Crippen LogP contribution in [0.5, 0.6) is 5.75 Å². The molecular formula is C16H12O5.